The Kier molecular flexibility index (Phi) is 6.29. The van der Waals surface area contributed by atoms with Crippen molar-refractivity contribution < 1.29 is 9.53 Å². The fourth-order valence-electron chi connectivity index (χ4n) is 3.15. The molecule has 1 N–H and O–H groups in total. The van der Waals surface area contributed by atoms with Crippen LogP contribution in [-0.4, -0.2) is 36.1 Å². The van der Waals surface area contributed by atoms with Gasteiger partial charge in [-0.1, -0.05) is 24.3 Å². The van der Waals surface area contributed by atoms with Crippen LogP contribution < -0.4 is 5.32 Å². The van der Waals surface area contributed by atoms with E-state index in [4.69, 9.17) is 4.74 Å². The van der Waals surface area contributed by atoms with Crippen LogP contribution in [0.15, 0.2) is 53.5 Å². The lowest BCUT2D eigenvalue weighted by Crippen LogP contribution is -2.26. The second-order valence-corrected chi connectivity index (χ2v) is 8.45. The molecular formula is C22H21N3O2S2. The molecule has 0 spiro atoms. The molecule has 0 atom stereocenters. The summed E-state index contributed by atoms with van der Waals surface area (Å²) in [5.74, 6) is -0.143. The van der Waals surface area contributed by atoms with Crippen LogP contribution in [-0.2, 0) is 11.2 Å². The first-order chi connectivity index (χ1) is 14.2. The quantitative estimate of drug-likeness (QED) is 0.414. The lowest BCUT2D eigenvalue weighted by atomic mass is 10.0. The van der Waals surface area contributed by atoms with E-state index in [9.17, 15) is 4.79 Å². The molecule has 3 heterocycles. The maximum atomic E-state index is 12.5. The van der Waals surface area contributed by atoms with Crippen LogP contribution in [0.5, 0.6) is 0 Å². The highest BCUT2D eigenvalue weighted by Gasteiger charge is 2.13. The highest BCUT2D eigenvalue weighted by Crippen LogP contribution is 2.28. The number of hydrogen-bond acceptors (Lipinski definition) is 6. The molecule has 0 aliphatic rings. The summed E-state index contributed by atoms with van der Waals surface area (Å²) in [6, 6.07) is 12.4. The van der Waals surface area contributed by atoms with Crippen molar-refractivity contribution in [3.8, 4) is 10.4 Å². The molecule has 0 bridgehead atoms. The van der Waals surface area contributed by atoms with Gasteiger partial charge in [-0.3, -0.25) is 9.78 Å². The summed E-state index contributed by atoms with van der Waals surface area (Å²) in [5, 5.41) is 4.94. The number of carbonyl (C=O) groups excluding carboxylic acids is 1. The van der Waals surface area contributed by atoms with Crippen LogP contribution in [0.3, 0.4) is 0 Å². The summed E-state index contributed by atoms with van der Waals surface area (Å²) in [7, 11) is 1.66. The van der Waals surface area contributed by atoms with E-state index >= 15 is 0 Å². The molecule has 0 saturated heterocycles. The van der Waals surface area contributed by atoms with Gasteiger partial charge >= 0.3 is 0 Å². The number of thiazole rings is 1. The number of hydrogen-bond donors (Lipinski definition) is 1. The van der Waals surface area contributed by atoms with Crippen molar-refractivity contribution in [2.75, 3.05) is 20.3 Å². The molecule has 0 aliphatic heterocycles. The number of rotatable bonds is 8. The van der Waals surface area contributed by atoms with E-state index in [1.54, 1.807) is 29.8 Å². The van der Waals surface area contributed by atoms with Gasteiger partial charge in [-0.25, -0.2) is 4.98 Å². The monoisotopic (exact) mass is 423 g/mol. The van der Waals surface area contributed by atoms with Gasteiger partial charge in [0.15, 0.2) is 0 Å². The first-order valence-electron chi connectivity index (χ1n) is 9.36. The molecule has 7 heteroatoms. The molecule has 1 aromatic carbocycles. The normalized spacial score (nSPS) is 11.1. The molecule has 0 fully saturated rings. The number of ether oxygens (including phenoxy) is 1. The van der Waals surface area contributed by atoms with Crippen LogP contribution in [0.1, 0.15) is 28.0 Å². The van der Waals surface area contributed by atoms with E-state index in [2.05, 4.69) is 39.6 Å². The largest absolute Gasteiger partial charge is 0.385 e. The Bertz CT molecular complexity index is 1090. The first-order valence-corrected chi connectivity index (χ1v) is 11.1. The molecule has 5 nitrogen and oxygen atoms in total. The number of nitrogens with zero attached hydrogens (tertiary/aromatic N) is 2. The zero-order valence-electron chi connectivity index (χ0n) is 16.1. The minimum absolute atomic E-state index is 0.143. The summed E-state index contributed by atoms with van der Waals surface area (Å²) in [4.78, 5) is 22.4. The number of nitrogens with one attached hydrogen (secondary N) is 1. The number of benzene rings is 1. The molecule has 4 rings (SSSR count). The molecule has 4 aromatic rings. The van der Waals surface area contributed by atoms with Crippen molar-refractivity contribution in [2.45, 2.75) is 12.8 Å². The molecule has 148 valence electrons. The standard InChI is InChI=1S/C22H21N3O2S2/c1-27-9-2-8-24-22(26)19-12-17(21-18(25-19)7-10-28-21)11-15-3-5-16(6-4-15)20-13-23-14-29-20/h3-7,10,12-14H,2,8-9,11H2,1H3,(H,24,26). The van der Waals surface area contributed by atoms with E-state index in [1.165, 1.54) is 11.1 Å². The minimum Gasteiger partial charge on any atom is -0.385 e. The molecule has 29 heavy (non-hydrogen) atoms. The maximum Gasteiger partial charge on any atom is 0.269 e. The van der Waals surface area contributed by atoms with Gasteiger partial charge in [0.05, 0.1) is 20.6 Å². The summed E-state index contributed by atoms with van der Waals surface area (Å²) in [5.41, 5.74) is 6.67. The Morgan fingerprint density at radius 3 is 2.79 bits per heavy atom. The van der Waals surface area contributed by atoms with Crippen molar-refractivity contribution in [1.82, 2.24) is 15.3 Å². The molecule has 0 unspecified atom stereocenters. The average Bonchev–Trinajstić information content (AvgIpc) is 3.43. The molecular weight excluding hydrogens is 402 g/mol. The highest BCUT2D eigenvalue weighted by molar-refractivity contribution is 7.17. The third-order valence-corrected chi connectivity index (χ3v) is 6.40. The minimum atomic E-state index is -0.143. The lowest BCUT2D eigenvalue weighted by Gasteiger charge is -2.09. The van der Waals surface area contributed by atoms with Gasteiger partial charge in [0.2, 0.25) is 0 Å². The van der Waals surface area contributed by atoms with Gasteiger partial charge in [0, 0.05) is 26.5 Å². The summed E-state index contributed by atoms with van der Waals surface area (Å²) in [6.07, 6.45) is 3.42. The van der Waals surface area contributed by atoms with Crippen LogP contribution in [0.25, 0.3) is 20.7 Å². The van der Waals surface area contributed by atoms with E-state index < -0.39 is 0 Å². The van der Waals surface area contributed by atoms with Crippen molar-refractivity contribution in [1.29, 1.82) is 0 Å². The Balaban J connectivity index is 1.55. The first kappa shape index (κ1) is 19.7. The summed E-state index contributed by atoms with van der Waals surface area (Å²) >= 11 is 3.30. The van der Waals surface area contributed by atoms with Crippen LogP contribution in [0.4, 0.5) is 0 Å². The van der Waals surface area contributed by atoms with Gasteiger partial charge in [-0.2, -0.15) is 0 Å². The topological polar surface area (TPSA) is 64.1 Å². The van der Waals surface area contributed by atoms with Crippen molar-refractivity contribution >= 4 is 38.8 Å². The number of methoxy groups -OCH3 is 1. The SMILES string of the molecule is COCCCNC(=O)c1cc(Cc2ccc(-c3cncs3)cc2)c2sccc2n1. The van der Waals surface area contributed by atoms with Gasteiger partial charge in [0.25, 0.3) is 5.91 Å². The van der Waals surface area contributed by atoms with Gasteiger partial charge < -0.3 is 10.1 Å². The van der Waals surface area contributed by atoms with E-state index in [0.717, 1.165) is 33.5 Å². The van der Waals surface area contributed by atoms with E-state index in [1.807, 2.05) is 29.2 Å². The van der Waals surface area contributed by atoms with Crippen molar-refractivity contribution in [3.05, 3.63) is 70.3 Å². The number of carbonyl (C=O) groups is 1. The second-order valence-electron chi connectivity index (χ2n) is 6.64. The number of amides is 1. The van der Waals surface area contributed by atoms with E-state index in [-0.39, 0.29) is 5.91 Å². The number of pyridine rings is 1. The Labute approximate surface area is 177 Å². The third-order valence-electron chi connectivity index (χ3n) is 4.60. The zero-order valence-corrected chi connectivity index (χ0v) is 17.7. The molecule has 0 radical (unpaired) electrons. The third kappa shape index (κ3) is 4.70. The fourth-order valence-corrected chi connectivity index (χ4v) is 4.62. The molecule has 0 saturated carbocycles. The highest BCUT2D eigenvalue weighted by atomic mass is 32.1. The fraction of sp³-hybridized carbons (Fsp3) is 0.227. The van der Waals surface area contributed by atoms with Gasteiger partial charge in [-0.15, -0.1) is 22.7 Å². The second kappa shape index (κ2) is 9.26. The summed E-state index contributed by atoms with van der Waals surface area (Å²) in [6.45, 7) is 1.20. The van der Waals surface area contributed by atoms with Crippen molar-refractivity contribution in [2.24, 2.45) is 0 Å². The molecule has 1 amide bonds. The summed E-state index contributed by atoms with van der Waals surface area (Å²) < 4.78 is 6.16. The van der Waals surface area contributed by atoms with Crippen LogP contribution in [0.2, 0.25) is 0 Å². The lowest BCUT2D eigenvalue weighted by molar-refractivity contribution is 0.0944. The van der Waals surface area contributed by atoms with E-state index in [0.29, 0.717) is 18.8 Å². The van der Waals surface area contributed by atoms with Crippen molar-refractivity contribution in [3.63, 3.8) is 0 Å². The number of aromatic nitrogens is 2. The smallest absolute Gasteiger partial charge is 0.269 e. The average molecular weight is 424 g/mol. The van der Waals surface area contributed by atoms with Crippen LogP contribution in [0, 0.1) is 0 Å². The maximum absolute atomic E-state index is 12.5. The Morgan fingerprint density at radius 1 is 1.17 bits per heavy atom. The zero-order chi connectivity index (χ0) is 20.1. The van der Waals surface area contributed by atoms with Gasteiger partial charge in [0.1, 0.15) is 5.69 Å². The predicted molar refractivity (Wildman–Crippen MR) is 119 cm³/mol. The molecule has 0 aliphatic carbocycles. The predicted octanol–water partition coefficient (Wildman–Crippen LogP) is 4.78. The number of fused-ring (bicyclic) bond motifs is 1. The molecule has 3 aromatic heterocycles. The Hall–Kier alpha value is -2.61. The number of thiophene rings is 1. The Morgan fingerprint density at radius 2 is 2.03 bits per heavy atom. The van der Waals surface area contributed by atoms with Gasteiger partial charge in [-0.05, 0) is 47.0 Å². The van der Waals surface area contributed by atoms with Crippen LogP contribution >= 0.6 is 22.7 Å².